The number of rotatable bonds is 5. The van der Waals surface area contributed by atoms with Crippen LogP contribution in [0.1, 0.15) is 17.0 Å². The fourth-order valence-electron chi connectivity index (χ4n) is 3.26. The summed E-state index contributed by atoms with van der Waals surface area (Å²) in [5.74, 6) is -2.86. The fraction of sp³-hybridized carbons (Fsp3) is 0.300. The number of hydrogen-bond donors (Lipinski definition) is 1. The summed E-state index contributed by atoms with van der Waals surface area (Å²) >= 11 is 0. The van der Waals surface area contributed by atoms with E-state index < -0.39 is 29.7 Å². The lowest BCUT2D eigenvalue weighted by Crippen LogP contribution is -2.30. The quantitative estimate of drug-likeness (QED) is 0.871. The molecule has 1 aliphatic heterocycles. The zero-order valence-corrected chi connectivity index (χ0v) is 14.8. The molecule has 2 aromatic rings. The molecule has 1 amide bonds. The molecule has 1 heterocycles. The lowest BCUT2D eigenvalue weighted by Gasteiger charge is -2.17. The molecule has 7 heteroatoms. The summed E-state index contributed by atoms with van der Waals surface area (Å²) in [5, 5.41) is 9.53. The van der Waals surface area contributed by atoms with Crippen LogP contribution in [-0.4, -0.2) is 42.3 Å². The first-order chi connectivity index (χ1) is 13.0. The van der Waals surface area contributed by atoms with Gasteiger partial charge in [-0.05, 0) is 23.3 Å². The Morgan fingerprint density at radius 3 is 2.56 bits per heavy atom. The van der Waals surface area contributed by atoms with E-state index in [1.54, 1.807) is 6.07 Å². The van der Waals surface area contributed by atoms with Crippen LogP contribution < -0.4 is 4.74 Å². The molecule has 27 heavy (non-hydrogen) atoms. The minimum Gasteiger partial charge on any atom is -0.494 e. The Morgan fingerprint density at radius 2 is 1.93 bits per heavy atom. The van der Waals surface area contributed by atoms with Crippen molar-refractivity contribution in [2.24, 2.45) is 5.92 Å². The lowest BCUT2D eigenvalue weighted by atomic mass is 9.89. The molecule has 0 bridgehead atoms. The number of aliphatic carboxylic acids is 1. The minimum absolute atomic E-state index is 0.0152. The van der Waals surface area contributed by atoms with E-state index in [-0.39, 0.29) is 25.4 Å². The first-order valence-electron chi connectivity index (χ1n) is 8.51. The van der Waals surface area contributed by atoms with Gasteiger partial charge in [-0.1, -0.05) is 36.4 Å². The second-order valence-electron chi connectivity index (χ2n) is 6.39. The Morgan fingerprint density at radius 1 is 1.19 bits per heavy atom. The summed E-state index contributed by atoms with van der Waals surface area (Å²) in [5.41, 5.74) is 1.35. The van der Waals surface area contributed by atoms with Gasteiger partial charge in [0.2, 0.25) is 0 Å². The molecule has 0 radical (unpaired) electrons. The van der Waals surface area contributed by atoms with Crippen molar-refractivity contribution in [3.63, 3.8) is 0 Å². The number of carboxylic acid groups (broad SMARTS) is 1. The van der Waals surface area contributed by atoms with E-state index in [1.165, 1.54) is 24.1 Å². The van der Waals surface area contributed by atoms with E-state index in [4.69, 9.17) is 9.47 Å². The van der Waals surface area contributed by atoms with Gasteiger partial charge in [-0.3, -0.25) is 4.79 Å². The Bertz CT molecular complexity index is 826. The van der Waals surface area contributed by atoms with E-state index in [9.17, 15) is 19.1 Å². The summed E-state index contributed by atoms with van der Waals surface area (Å²) in [6.07, 6.45) is -0.582. The predicted molar refractivity (Wildman–Crippen MR) is 95.0 cm³/mol. The van der Waals surface area contributed by atoms with Crippen LogP contribution in [0.25, 0.3) is 0 Å². The van der Waals surface area contributed by atoms with Crippen LogP contribution in [0.4, 0.5) is 9.18 Å². The lowest BCUT2D eigenvalue weighted by molar-refractivity contribution is -0.141. The van der Waals surface area contributed by atoms with Crippen LogP contribution in [0.5, 0.6) is 5.75 Å². The molecular weight excluding hydrogens is 353 g/mol. The molecule has 3 rings (SSSR count). The Hall–Kier alpha value is -3.09. The maximum atomic E-state index is 14.0. The van der Waals surface area contributed by atoms with Crippen molar-refractivity contribution in [1.29, 1.82) is 0 Å². The van der Waals surface area contributed by atoms with Gasteiger partial charge in [0.1, 0.15) is 6.61 Å². The Kier molecular flexibility index (Phi) is 5.59. The smallest absolute Gasteiger partial charge is 0.410 e. The largest absolute Gasteiger partial charge is 0.494 e. The predicted octanol–water partition coefficient (Wildman–Crippen LogP) is 3.27. The SMILES string of the molecule is COc1ccc([C@@H]2CN(C(=O)OCc3ccccc3)C[C@H]2C(=O)O)cc1F. The molecule has 0 saturated carbocycles. The molecule has 2 aromatic carbocycles. The summed E-state index contributed by atoms with van der Waals surface area (Å²) in [4.78, 5) is 25.3. The van der Waals surface area contributed by atoms with Gasteiger partial charge in [-0.2, -0.15) is 0 Å². The van der Waals surface area contributed by atoms with Gasteiger partial charge in [0.25, 0.3) is 0 Å². The van der Waals surface area contributed by atoms with Gasteiger partial charge in [-0.25, -0.2) is 9.18 Å². The molecule has 0 unspecified atom stereocenters. The fourth-order valence-corrected chi connectivity index (χ4v) is 3.26. The van der Waals surface area contributed by atoms with Gasteiger partial charge in [0.15, 0.2) is 11.6 Å². The number of hydrogen-bond acceptors (Lipinski definition) is 4. The number of carbonyl (C=O) groups is 2. The second-order valence-corrected chi connectivity index (χ2v) is 6.39. The minimum atomic E-state index is -1.03. The number of likely N-dealkylation sites (tertiary alicyclic amines) is 1. The van der Waals surface area contributed by atoms with Crippen molar-refractivity contribution >= 4 is 12.1 Å². The highest BCUT2D eigenvalue weighted by atomic mass is 19.1. The normalized spacial score (nSPS) is 19.0. The average Bonchev–Trinajstić information content (AvgIpc) is 3.13. The monoisotopic (exact) mass is 373 g/mol. The van der Waals surface area contributed by atoms with E-state index in [0.29, 0.717) is 5.56 Å². The molecule has 2 atom stereocenters. The number of methoxy groups -OCH3 is 1. The molecule has 0 aromatic heterocycles. The molecule has 1 saturated heterocycles. The zero-order valence-electron chi connectivity index (χ0n) is 14.8. The van der Waals surface area contributed by atoms with Crippen LogP contribution in [0.3, 0.4) is 0 Å². The molecule has 0 aliphatic carbocycles. The highest BCUT2D eigenvalue weighted by Gasteiger charge is 2.41. The van der Waals surface area contributed by atoms with Crippen LogP contribution >= 0.6 is 0 Å². The van der Waals surface area contributed by atoms with Crippen molar-refractivity contribution in [2.75, 3.05) is 20.2 Å². The Labute approximate surface area is 156 Å². The molecule has 0 spiro atoms. The summed E-state index contributed by atoms with van der Waals surface area (Å²) < 4.78 is 24.2. The summed E-state index contributed by atoms with van der Waals surface area (Å²) in [7, 11) is 1.36. The molecule has 1 aliphatic rings. The third-order valence-corrected chi connectivity index (χ3v) is 4.70. The van der Waals surface area contributed by atoms with Crippen molar-refractivity contribution in [1.82, 2.24) is 4.90 Å². The van der Waals surface area contributed by atoms with Gasteiger partial charge < -0.3 is 19.5 Å². The topological polar surface area (TPSA) is 76.1 Å². The van der Waals surface area contributed by atoms with Crippen LogP contribution in [0.15, 0.2) is 48.5 Å². The first kappa shape index (κ1) is 18.7. The standard InChI is InChI=1S/C20H20FNO5/c1-26-18-8-7-14(9-17(18)21)15-10-22(11-16(15)19(23)24)20(25)27-12-13-5-3-2-4-6-13/h2-9,15-16H,10-12H2,1H3,(H,23,24)/t15-,16+/m0/s1. The maximum Gasteiger partial charge on any atom is 0.410 e. The first-order valence-corrected chi connectivity index (χ1v) is 8.51. The van der Waals surface area contributed by atoms with E-state index in [1.807, 2.05) is 30.3 Å². The number of carboxylic acids is 1. The van der Waals surface area contributed by atoms with Crippen molar-refractivity contribution in [3.05, 3.63) is 65.5 Å². The highest BCUT2D eigenvalue weighted by molar-refractivity contribution is 5.75. The third-order valence-electron chi connectivity index (χ3n) is 4.70. The van der Waals surface area contributed by atoms with Crippen molar-refractivity contribution in [2.45, 2.75) is 12.5 Å². The number of carbonyl (C=O) groups excluding carboxylic acids is 1. The number of benzene rings is 2. The summed E-state index contributed by atoms with van der Waals surface area (Å²) in [6.45, 7) is 0.271. The molecular formula is C20H20FNO5. The molecule has 1 N–H and O–H groups in total. The van der Waals surface area contributed by atoms with Gasteiger partial charge in [-0.15, -0.1) is 0 Å². The van der Waals surface area contributed by atoms with E-state index >= 15 is 0 Å². The number of halogens is 1. The Balaban J connectivity index is 1.71. The average molecular weight is 373 g/mol. The molecule has 142 valence electrons. The number of nitrogens with zero attached hydrogens (tertiary/aromatic N) is 1. The van der Waals surface area contributed by atoms with Crippen LogP contribution in [0.2, 0.25) is 0 Å². The zero-order chi connectivity index (χ0) is 19.4. The molecule has 6 nitrogen and oxygen atoms in total. The van der Waals surface area contributed by atoms with E-state index in [2.05, 4.69) is 0 Å². The maximum absolute atomic E-state index is 14.0. The van der Waals surface area contributed by atoms with Gasteiger partial charge in [0.05, 0.1) is 13.0 Å². The number of ether oxygens (including phenoxy) is 2. The van der Waals surface area contributed by atoms with Crippen LogP contribution in [0, 0.1) is 11.7 Å². The van der Waals surface area contributed by atoms with E-state index in [0.717, 1.165) is 5.56 Å². The van der Waals surface area contributed by atoms with Gasteiger partial charge >= 0.3 is 12.1 Å². The number of amides is 1. The highest BCUT2D eigenvalue weighted by Crippen LogP contribution is 2.35. The molecule has 1 fully saturated rings. The van der Waals surface area contributed by atoms with Crippen molar-refractivity contribution in [3.8, 4) is 5.75 Å². The van der Waals surface area contributed by atoms with Crippen molar-refractivity contribution < 1.29 is 28.6 Å². The van der Waals surface area contributed by atoms with Gasteiger partial charge in [0, 0.05) is 19.0 Å². The second kappa shape index (κ2) is 8.07. The summed E-state index contributed by atoms with van der Waals surface area (Å²) in [6, 6.07) is 13.6. The van der Waals surface area contributed by atoms with Crippen LogP contribution in [-0.2, 0) is 16.1 Å². The third kappa shape index (κ3) is 4.19.